The highest BCUT2D eigenvalue weighted by molar-refractivity contribution is 6.31. The van der Waals surface area contributed by atoms with Gasteiger partial charge >= 0.3 is 0 Å². The molecule has 2 N–H and O–H groups in total. The number of hydrogen-bond donors (Lipinski definition) is 2. The summed E-state index contributed by atoms with van der Waals surface area (Å²) in [7, 11) is 1.80. The first-order valence-electron chi connectivity index (χ1n) is 4.94. The molecule has 1 amide bonds. The van der Waals surface area contributed by atoms with E-state index in [0.29, 0.717) is 6.54 Å². The van der Waals surface area contributed by atoms with Crippen molar-refractivity contribution in [3.05, 3.63) is 34.6 Å². The van der Waals surface area contributed by atoms with E-state index in [1.54, 1.807) is 7.05 Å². The molecule has 0 fully saturated rings. The van der Waals surface area contributed by atoms with E-state index in [1.807, 2.05) is 6.92 Å². The Balaban J connectivity index is 0.00000256. The lowest BCUT2D eigenvalue weighted by Crippen LogP contribution is -2.37. The van der Waals surface area contributed by atoms with Gasteiger partial charge in [0.05, 0.1) is 0 Å². The molecule has 6 heteroatoms. The van der Waals surface area contributed by atoms with Crippen LogP contribution < -0.4 is 10.6 Å². The lowest BCUT2D eigenvalue weighted by atomic mass is 10.2. The second-order valence-electron chi connectivity index (χ2n) is 3.56. The van der Waals surface area contributed by atoms with E-state index < -0.39 is 5.82 Å². The van der Waals surface area contributed by atoms with Crippen LogP contribution in [0.25, 0.3) is 0 Å². The number of hydrogen-bond acceptors (Lipinski definition) is 2. The fraction of sp³-hybridized carbons (Fsp3) is 0.364. The molecular formula is C11H15Cl2FN2O. The quantitative estimate of drug-likeness (QED) is 0.888. The van der Waals surface area contributed by atoms with Crippen LogP contribution in [0.15, 0.2) is 18.2 Å². The number of carbonyl (C=O) groups excluding carboxylic acids is 1. The molecule has 1 unspecified atom stereocenters. The van der Waals surface area contributed by atoms with Crippen molar-refractivity contribution in [1.29, 1.82) is 0 Å². The first-order chi connectivity index (χ1) is 7.52. The van der Waals surface area contributed by atoms with Crippen molar-refractivity contribution in [1.82, 2.24) is 10.6 Å². The molecule has 0 radical (unpaired) electrons. The summed E-state index contributed by atoms with van der Waals surface area (Å²) in [6.45, 7) is 2.41. The Morgan fingerprint density at radius 1 is 1.47 bits per heavy atom. The number of likely N-dealkylation sites (N-methyl/N-ethyl adjacent to an activating group) is 1. The van der Waals surface area contributed by atoms with Gasteiger partial charge in [0.2, 0.25) is 0 Å². The summed E-state index contributed by atoms with van der Waals surface area (Å²) in [6, 6.07) is 3.91. The summed E-state index contributed by atoms with van der Waals surface area (Å²) in [5.41, 5.74) is 0.230. The summed E-state index contributed by atoms with van der Waals surface area (Å²) in [5, 5.41) is 5.87. The smallest absolute Gasteiger partial charge is 0.251 e. The van der Waals surface area contributed by atoms with E-state index in [9.17, 15) is 9.18 Å². The monoisotopic (exact) mass is 280 g/mol. The second kappa shape index (κ2) is 7.48. The molecule has 3 nitrogen and oxygen atoms in total. The molecular weight excluding hydrogens is 266 g/mol. The minimum absolute atomic E-state index is 0. The van der Waals surface area contributed by atoms with E-state index in [1.165, 1.54) is 6.07 Å². The van der Waals surface area contributed by atoms with Crippen LogP contribution in [0.3, 0.4) is 0 Å². The van der Waals surface area contributed by atoms with Crippen molar-refractivity contribution in [2.45, 2.75) is 13.0 Å². The summed E-state index contributed by atoms with van der Waals surface area (Å²) >= 11 is 5.65. The summed E-state index contributed by atoms with van der Waals surface area (Å²) in [4.78, 5) is 11.6. The summed E-state index contributed by atoms with van der Waals surface area (Å²) in [6.07, 6.45) is 0. The summed E-state index contributed by atoms with van der Waals surface area (Å²) in [5.74, 6) is -0.845. The van der Waals surface area contributed by atoms with Gasteiger partial charge in [-0.3, -0.25) is 4.79 Å². The zero-order valence-corrected chi connectivity index (χ0v) is 11.2. The van der Waals surface area contributed by atoms with Crippen molar-refractivity contribution in [2.24, 2.45) is 0 Å². The van der Waals surface area contributed by atoms with Crippen molar-refractivity contribution >= 4 is 29.9 Å². The van der Waals surface area contributed by atoms with Crippen LogP contribution >= 0.6 is 24.0 Å². The van der Waals surface area contributed by atoms with Gasteiger partial charge in [0.25, 0.3) is 5.91 Å². The molecule has 96 valence electrons. The van der Waals surface area contributed by atoms with E-state index in [4.69, 9.17) is 11.6 Å². The van der Waals surface area contributed by atoms with E-state index >= 15 is 0 Å². The fourth-order valence-corrected chi connectivity index (χ4v) is 1.36. The molecule has 17 heavy (non-hydrogen) atoms. The van der Waals surface area contributed by atoms with Gasteiger partial charge in [0, 0.05) is 23.2 Å². The molecule has 0 spiro atoms. The number of rotatable bonds is 4. The standard InChI is InChI=1S/C11H14ClFN2O.ClH/c1-7(14-2)6-15-11(16)8-3-9(12)5-10(13)4-8;/h3-5,7,14H,6H2,1-2H3,(H,15,16);1H. The van der Waals surface area contributed by atoms with Crippen molar-refractivity contribution in [3.8, 4) is 0 Å². The molecule has 1 rings (SSSR count). The largest absolute Gasteiger partial charge is 0.350 e. The summed E-state index contributed by atoms with van der Waals surface area (Å²) < 4.78 is 13.0. The molecule has 0 aliphatic heterocycles. The van der Waals surface area contributed by atoms with Crippen LogP contribution in [0.2, 0.25) is 5.02 Å². The van der Waals surface area contributed by atoms with E-state index in [2.05, 4.69) is 10.6 Å². The number of benzene rings is 1. The van der Waals surface area contributed by atoms with E-state index in [0.717, 1.165) is 12.1 Å². The Bertz CT molecular complexity index is 367. The maximum absolute atomic E-state index is 13.0. The Morgan fingerprint density at radius 3 is 2.65 bits per heavy atom. The predicted molar refractivity (Wildman–Crippen MR) is 69.5 cm³/mol. The topological polar surface area (TPSA) is 41.1 Å². The van der Waals surface area contributed by atoms with Gasteiger partial charge in [0.1, 0.15) is 5.82 Å². The third-order valence-corrected chi connectivity index (χ3v) is 2.40. The molecule has 0 saturated heterocycles. The molecule has 1 atom stereocenters. The molecule has 0 saturated carbocycles. The SMILES string of the molecule is CNC(C)CNC(=O)c1cc(F)cc(Cl)c1.Cl. The highest BCUT2D eigenvalue weighted by Gasteiger charge is 2.09. The maximum atomic E-state index is 13.0. The van der Waals surface area contributed by atoms with Gasteiger partial charge in [-0.2, -0.15) is 0 Å². The zero-order chi connectivity index (χ0) is 12.1. The Hall–Kier alpha value is -0.840. The van der Waals surface area contributed by atoms with Gasteiger partial charge in [-0.25, -0.2) is 4.39 Å². The normalized spacial score (nSPS) is 11.5. The minimum Gasteiger partial charge on any atom is -0.350 e. The maximum Gasteiger partial charge on any atom is 0.251 e. The Labute approximate surface area is 111 Å². The van der Waals surface area contributed by atoms with Crippen LogP contribution in [0.5, 0.6) is 0 Å². The third-order valence-electron chi connectivity index (χ3n) is 2.19. The lowest BCUT2D eigenvalue weighted by Gasteiger charge is -2.11. The lowest BCUT2D eigenvalue weighted by molar-refractivity contribution is 0.0950. The van der Waals surface area contributed by atoms with Gasteiger partial charge in [-0.05, 0) is 32.2 Å². The van der Waals surface area contributed by atoms with Crippen LogP contribution in [-0.2, 0) is 0 Å². The molecule has 0 bridgehead atoms. The van der Waals surface area contributed by atoms with Crippen molar-refractivity contribution < 1.29 is 9.18 Å². The molecule has 0 heterocycles. The third kappa shape index (κ3) is 5.35. The van der Waals surface area contributed by atoms with Gasteiger partial charge in [-0.1, -0.05) is 11.6 Å². The molecule has 0 aliphatic rings. The average Bonchev–Trinajstić information content (AvgIpc) is 2.23. The number of halogens is 3. The molecule has 0 aliphatic carbocycles. The van der Waals surface area contributed by atoms with Gasteiger partial charge < -0.3 is 10.6 Å². The Morgan fingerprint density at radius 2 is 2.12 bits per heavy atom. The van der Waals surface area contributed by atoms with Gasteiger partial charge in [0.15, 0.2) is 0 Å². The highest BCUT2D eigenvalue weighted by Crippen LogP contribution is 2.13. The zero-order valence-electron chi connectivity index (χ0n) is 9.59. The van der Waals surface area contributed by atoms with Crippen LogP contribution in [0, 0.1) is 5.82 Å². The van der Waals surface area contributed by atoms with Crippen LogP contribution in [0.1, 0.15) is 17.3 Å². The highest BCUT2D eigenvalue weighted by atomic mass is 35.5. The Kier molecular flexibility index (Phi) is 7.11. The predicted octanol–water partition coefficient (Wildman–Crippen LogP) is 2.24. The minimum atomic E-state index is -0.515. The number of nitrogens with one attached hydrogen (secondary N) is 2. The second-order valence-corrected chi connectivity index (χ2v) is 3.99. The van der Waals surface area contributed by atoms with Gasteiger partial charge in [-0.15, -0.1) is 12.4 Å². The number of amides is 1. The first kappa shape index (κ1) is 16.2. The molecule has 1 aromatic rings. The van der Waals surface area contributed by atoms with Crippen LogP contribution in [0.4, 0.5) is 4.39 Å². The van der Waals surface area contributed by atoms with Crippen molar-refractivity contribution in [2.75, 3.05) is 13.6 Å². The average molecular weight is 281 g/mol. The van der Waals surface area contributed by atoms with Crippen molar-refractivity contribution in [3.63, 3.8) is 0 Å². The first-order valence-corrected chi connectivity index (χ1v) is 5.32. The molecule has 1 aromatic carbocycles. The van der Waals surface area contributed by atoms with E-state index in [-0.39, 0.29) is 34.9 Å². The fourth-order valence-electron chi connectivity index (χ4n) is 1.13. The molecule has 0 aromatic heterocycles. The van der Waals surface area contributed by atoms with Crippen LogP contribution in [-0.4, -0.2) is 25.5 Å². The number of carbonyl (C=O) groups is 1.